The van der Waals surface area contributed by atoms with Crippen LogP contribution in [-0.2, 0) is 0 Å². The van der Waals surface area contributed by atoms with Crippen LogP contribution >= 0.6 is 0 Å². The van der Waals surface area contributed by atoms with E-state index in [0.29, 0.717) is 0 Å². The van der Waals surface area contributed by atoms with Crippen LogP contribution in [-0.4, -0.2) is 36.5 Å². The van der Waals surface area contributed by atoms with Crippen molar-refractivity contribution in [3.8, 4) is 67.8 Å². The van der Waals surface area contributed by atoms with Crippen molar-refractivity contribution >= 4 is 174 Å². The van der Waals surface area contributed by atoms with Crippen molar-refractivity contribution in [2.45, 2.75) is 7.43 Å². The molecule has 0 bridgehead atoms. The molecule has 8 nitrogen and oxygen atoms in total. The Kier molecular flexibility index (Phi) is 16.5. The molecule has 28 aromatic rings. The summed E-state index contributed by atoms with van der Waals surface area (Å²) >= 11 is 0. The summed E-state index contributed by atoms with van der Waals surface area (Å²) in [5, 5.41) is 20.1. The molecule has 0 radical (unpaired) electrons. The zero-order chi connectivity index (χ0) is 83.8. The molecule has 0 unspecified atom stereocenters. The van der Waals surface area contributed by atoms with Gasteiger partial charge in [0.2, 0.25) is 0 Å². The lowest BCUT2D eigenvalue weighted by atomic mass is 9.95. The molecule has 0 atom stereocenters. The number of benzene rings is 20. The highest BCUT2D eigenvalue weighted by atomic mass is 15.0. The summed E-state index contributed by atoms with van der Waals surface area (Å²) in [6.45, 7) is 0. The lowest BCUT2D eigenvalue weighted by molar-refractivity contribution is 1.13. The van der Waals surface area contributed by atoms with Gasteiger partial charge in [0.1, 0.15) is 0 Å². The van der Waals surface area contributed by atoms with Gasteiger partial charge in [0.25, 0.3) is 0 Å². The standard InChI is InChI=1S/2C60H38N4.CH4/c1-7-29-51-43(21-1)44-22-2-8-30-52(44)61(51)39-17-13-19-41(37-39)63-55-33-11-5-25-49(55)59-47(27-15-35-57(59)63)48-28-16-36-58-60(48)50-26-6-12-34-56(50)64(58)42-20-14-18-40(38-42)62-53-31-9-3-23-45(53)46-24-4-10-32-54(46)62;1-7-23-51-43(15-1)44-16-2-8-24-52(44)61(51)39-31-35-41(36-32-39)63-55-27-11-5-19-49(55)59-47(21-13-29-57(59)63)48-22-14-30-58-60(48)50-20-6-12-28-56(50)64(58)42-37-33-40(34-38-42)62-53-25-9-3-17-45(53)46-18-4-10-26-54(46)62;/h2*1-38H;1H4. The predicted octanol–water partition coefficient (Wildman–Crippen LogP) is 32.1. The summed E-state index contributed by atoms with van der Waals surface area (Å²) in [6, 6.07) is 169. The molecule has 28 rings (SSSR count). The maximum atomic E-state index is 2.45. The van der Waals surface area contributed by atoms with E-state index in [9.17, 15) is 0 Å². The van der Waals surface area contributed by atoms with Crippen molar-refractivity contribution in [3.63, 3.8) is 0 Å². The van der Waals surface area contributed by atoms with Crippen molar-refractivity contribution < 1.29 is 0 Å². The van der Waals surface area contributed by atoms with Crippen molar-refractivity contribution in [2.24, 2.45) is 0 Å². The average molecular weight is 1650 g/mol. The number of hydrogen-bond donors (Lipinski definition) is 0. The Morgan fingerprint density at radius 3 is 0.426 bits per heavy atom. The molecule has 129 heavy (non-hydrogen) atoms. The fraction of sp³-hybridized carbons (Fsp3) is 0.00826. The molecule has 0 aliphatic heterocycles. The number of aromatic nitrogens is 8. The monoisotopic (exact) mass is 1640 g/mol. The van der Waals surface area contributed by atoms with Crippen LogP contribution in [0, 0.1) is 0 Å². The number of nitrogens with zero attached hydrogens (tertiary/aromatic N) is 8. The molecule has 0 spiro atoms. The molecule has 604 valence electrons. The van der Waals surface area contributed by atoms with E-state index >= 15 is 0 Å². The van der Waals surface area contributed by atoms with Gasteiger partial charge in [-0.25, -0.2) is 0 Å². The van der Waals surface area contributed by atoms with Crippen LogP contribution in [0.25, 0.3) is 242 Å². The zero-order valence-electron chi connectivity index (χ0n) is 69.5. The van der Waals surface area contributed by atoms with Gasteiger partial charge >= 0.3 is 0 Å². The fourth-order valence-electron chi connectivity index (χ4n) is 21.9. The Morgan fingerprint density at radius 2 is 0.233 bits per heavy atom. The van der Waals surface area contributed by atoms with E-state index in [4.69, 9.17) is 0 Å². The Hall–Kier alpha value is -17.2. The predicted molar refractivity (Wildman–Crippen MR) is 545 cm³/mol. The van der Waals surface area contributed by atoms with E-state index in [1.165, 1.54) is 197 Å². The first-order valence-electron chi connectivity index (χ1n) is 44.1. The molecule has 8 heteroatoms. The van der Waals surface area contributed by atoms with Crippen LogP contribution in [0.1, 0.15) is 7.43 Å². The molecule has 0 aliphatic rings. The number of rotatable bonds is 10. The van der Waals surface area contributed by atoms with E-state index in [2.05, 4.69) is 498 Å². The van der Waals surface area contributed by atoms with E-state index in [-0.39, 0.29) is 7.43 Å². The van der Waals surface area contributed by atoms with Gasteiger partial charge in [0.05, 0.1) is 88.3 Å². The third-order valence-corrected chi connectivity index (χ3v) is 27.1. The molecule has 20 aromatic carbocycles. The van der Waals surface area contributed by atoms with Crippen LogP contribution in [0.4, 0.5) is 0 Å². The highest BCUT2D eigenvalue weighted by Crippen LogP contribution is 2.49. The molecular weight excluding hydrogens is 1570 g/mol. The van der Waals surface area contributed by atoms with E-state index < -0.39 is 0 Å². The normalized spacial score (nSPS) is 12.0. The van der Waals surface area contributed by atoms with Gasteiger partial charge in [0, 0.05) is 132 Å². The first-order valence-corrected chi connectivity index (χ1v) is 44.1. The molecule has 8 heterocycles. The molecular formula is C121H80N8. The van der Waals surface area contributed by atoms with Crippen LogP contribution in [0.3, 0.4) is 0 Å². The molecule has 0 saturated heterocycles. The third-order valence-electron chi connectivity index (χ3n) is 27.1. The summed E-state index contributed by atoms with van der Waals surface area (Å²) in [7, 11) is 0. The number of para-hydroxylation sites is 12. The highest BCUT2D eigenvalue weighted by Gasteiger charge is 2.27. The quantitative estimate of drug-likeness (QED) is 0.131. The Labute approximate surface area is 742 Å². The van der Waals surface area contributed by atoms with Crippen molar-refractivity contribution in [2.75, 3.05) is 0 Å². The summed E-state index contributed by atoms with van der Waals surface area (Å²) in [6.07, 6.45) is 0. The van der Waals surface area contributed by atoms with Gasteiger partial charge < -0.3 is 36.5 Å². The topological polar surface area (TPSA) is 39.4 Å². The fourth-order valence-corrected chi connectivity index (χ4v) is 21.9. The minimum Gasteiger partial charge on any atom is -0.309 e. The lowest BCUT2D eigenvalue weighted by Crippen LogP contribution is -1.98. The number of fused-ring (bicyclic) bond motifs is 24. The molecule has 0 saturated carbocycles. The van der Waals surface area contributed by atoms with Gasteiger partial charge in [-0.15, -0.1) is 0 Å². The maximum absolute atomic E-state index is 2.45. The van der Waals surface area contributed by atoms with Gasteiger partial charge in [-0.2, -0.15) is 0 Å². The summed E-state index contributed by atoms with van der Waals surface area (Å²) in [5.74, 6) is 0. The largest absolute Gasteiger partial charge is 0.309 e. The Morgan fingerprint density at radius 1 is 0.101 bits per heavy atom. The van der Waals surface area contributed by atoms with Crippen LogP contribution < -0.4 is 0 Å². The van der Waals surface area contributed by atoms with Crippen LogP contribution in [0.15, 0.2) is 461 Å². The van der Waals surface area contributed by atoms with Gasteiger partial charge in [-0.3, -0.25) is 0 Å². The van der Waals surface area contributed by atoms with Gasteiger partial charge in [0.15, 0.2) is 0 Å². The first kappa shape index (κ1) is 73.3. The minimum absolute atomic E-state index is 0. The zero-order valence-corrected chi connectivity index (χ0v) is 69.5. The third kappa shape index (κ3) is 10.9. The SMILES string of the molecule is C.c1cc(-n2c3ccccc3c3ccccc32)cc(-n2c3ccccc3c3c(-c4cccc5c4c4ccccc4n5-c4cccc(-n5c6ccccc6c6ccccc65)c4)cccc32)c1.c1ccc2c(c1)c1ccccc1n2-c1ccc(-n2c3ccccc3c3c(-c4cccc5c4c4ccccc4n5-c4ccc(-n5c6ccccc6c6ccccc65)cc4)cccc32)cc1. The van der Waals surface area contributed by atoms with E-state index in [1.807, 2.05) is 0 Å². The smallest absolute Gasteiger partial charge is 0.0547 e. The molecule has 8 aromatic heterocycles. The van der Waals surface area contributed by atoms with Crippen molar-refractivity contribution in [3.05, 3.63) is 461 Å². The van der Waals surface area contributed by atoms with Crippen molar-refractivity contribution in [1.29, 1.82) is 0 Å². The van der Waals surface area contributed by atoms with Crippen LogP contribution in [0.5, 0.6) is 0 Å². The van der Waals surface area contributed by atoms with Crippen molar-refractivity contribution in [1.82, 2.24) is 36.5 Å². The van der Waals surface area contributed by atoms with Gasteiger partial charge in [-0.05, 0) is 204 Å². The van der Waals surface area contributed by atoms with E-state index in [1.54, 1.807) is 0 Å². The Balaban J connectivity index is 0.000000135. The molecule has 0 aliphatic carbocycles. The second-order valence-electron chi connectivity index (χ2n) is 33.8. The van der Waals surface area contributed by atoms with Gasteiger partial charge in [-0.1, -0.05) is 286 Å². The first-order chi connectivity index (χ1) is 63.6. The second kappa shape index (κ2) is 29.0. The number of hydrogen-bond acceptors (Lipinski definition) is 0. The molecule has 0 N–H and O–H groups in total. The van der Waals surface area contributed by atoms with Crippen LogP contribution in [0.2, 0.25) is 0 Å². The second-order valence-corrected chi connectivity index (χ2v) is 33.8. The minimum atomic E-state index is 0. The highest BCUT2D eigenvalue weighted by molar-refractivity contribution is 6.25. The average Bonchev–Trinajstić information content (AvgIpc) is 1.56. The molecule has 0 fully saturated rings. The summed E-state index contributed by atoms with van der Waals surface area (Å²) in [4.78, 5) is 0. The maximum Gasteiger partial charge on any atom is 0.0547 e. The van der Waals surface area contributed by atoms with E-state index in [0.717, 1.165) is 45.5 Å². The lowest BCUT2D eigenvalue weighted by Gasteiger charge is -2.13. The summed E-state index contributed by atoms with van der Waals surface area (Å²) in [5.41, 5.74) is 33.1. The summed E-state index contributed by atoms with van der Waals surface area (Å²) < 4.78 is 19.4. The Bertz CT molecular complexity index is 8710. The molecule has 0 amide bonds.